The Morgan fingerprint density at radius 3 is 2.61 bits per heavy atom. The Bertz CT molecular complexity index is 632. The molecule has 28 heavy (non-hydrogen) atoms. The Balaban J connectivity index is 0.00000225. The van der Waals surface area contributed by atoms with Crippen molar-refractivity contribution in [2.24, 2.45) is 5.92 Å². The van der Waals surface area contributed by atoms with E-state index < -0.39 is 0 Å². The molecule has 2 heterocycles. The van der Waals surface area contributed by atoms with E-state index in [1.54, 1.807) is 7.11 Å². The van der Waals surface area contributed by atoms with E-state index in [-0.39, 0.29) is 29.8 Å². The minimum atomic E-state index is -0.0501. The van der Waals surface area contributed by atoms with Crippen LogP contribution < -0.4 is 15.4 Å². The van der Waals surface area contributed by atoms with Gasteiger partial charge in [-0.05, 0) is 55.7 Å². The van der Waals surface area contributed by atoms with E-state index in [1.165, 1.54) is 31.2 Å². The molecule has 6 heteroatoms. The van der Waals surface area contributed by atoms with E-state index in [0.29, 0.717) is 18.5 Å². The number of nitrogens with one attached hydrogen (secondary N) is 2. The number of hydrogen-bond donors (Lipinski definition) is 2. The quantitative estimate of drug-likeness (QED) is 0.785. The highest BCUT2D eigenvalue weighted by Crippen LogP contribution is 2.36. The monoisotopic (exact) mass is 408 g/mol. The first-order valence-electron chi connectivity index (χ1n) is 10.5. The smallest absolute Gasteiger partial charge is 0.237 e. The largest absolute Gasteiger partial charge is 0.497 e. The summed E-state index contributed by atoms with van der Waals surface area (Å²) in [7, 11) is 1.69. The Morgan fingerprint density at radius 2 is 1.93 bits per heavy atom. The Hall–Kier alpha value is -1.30. The van der Waals surface area contributed by atoms with Crippen molar-refractivity contribution in [1.29, 1.82) is 0 Å². The van der Waals surface area contributed by atoms with Crippen LogP contribution in [0.3, 0.4) is 0 Å². The van der Waals surface area contributed by atoms with E-state index in [4.69, 9.17) is 9.47 Å². The predicted molar refractivity (Wildman–Crippen MR) is 112 cm³/mol. The summed E-state index contributed by atoms with van der Waals surface area (Å²) >= 11 is 0. The molecule has 1 aliphatic carbocycles. The maximum Gasteiger partial charge on any atom is 0.237 e. The fourth-order valence-electron chi connectivity index (χ4n) is 5.17. The van der Waals surface area contributed by atoms with E-state index in [1.807, 2.05) is 12.1 Å². The fraction of sp³-hybridized carbons (Fsp3) is 0.682. The summed E-state index contributed by atoms with van der Waals surface area (Å²) in [6.45, 7) is 2.16. The second kappa shape index (κ2) is 9.47. The number of methoxy groups -OCH3 is 1. The number of rotatable bonds is 5. The second-order valence-corrected chi connectivity index (χ2v) is 8.44. The zero-order valence-corrected chi connectivity index (χ0v) is 17.6. The van der Waals surface area contributed by atoms with E-state index >= 15 is 0 Å². The van der Waals surface area contributed by atoms with Crippen molar-refractivity contribution in [2.75, 3.05) is 26.9 Å². The highest BCUT2D eigenvalue weighted by molar-refractivity contribution is 5.85. The van der Waals surface area contributed by atoms with Crippen LogP contribution in [0.1, 0.15) is 50.5 Å². The van der Waals surface area contributed by atoms with Gasteiger partial charge in [0.15, 0.2) is 0 Å². The number of benzene rings is 1. The number of carbonyl (C=O) groups excluding carboxylic acids is 1. The lowest BCUT2D eigenvalue weighted by atomic mass is 9.74. The van der Waals surface area contributed by atoms with Crippen molar-refractivity contribution in [3.63, 3.8) is 0 Å². The zero-order chi connectivity index (χ0) is 18.7. The molecule has 5 nitrogen and oxygen atoms in total. The van der Waals surface area contributed by atoms with Gasteiger partial charge in [0.2, 0.25) is 5.91 Å². The van der Waals surface area contributed by atoms with Gasteiger partial charge in [-0.1, -0.05) is 25.0 Å². The Morgan fingerprint density at radius 1 is 1.21 bits per heavy atom. The molecule has 156 valence electrons. The topological polar surface area (TPSA) is 59.6 Å². The highest BCUT2D eigenvalue weighted by Gasteiger charge is 2.40. The molecule has 2 aliphatic heterocycles. The van der Waals surface area contributed by atoms with Crippen molar-refractivity contribution in [3.05, 3.63) is 29.8 Å². The molecule has 1 aromatic carbocycles. The molecule has 3 aliphatic rings. The van der Waals surface area contributed by atoms with Crippen LogP contribution in [0.5, 0.6) is 5.75 Å². The lowest BCUT2D eigenvalue weighted by Crippen LogP contribution is -2.49. The molecule has 0 aromatic heterocycles. The number of carbonyl (C=O) groups is 1. The molecule has 1 amide bonds. The average Bonchev–Trinajstić information content (AvgIpc) is 3.17. The minimum absolute atomic E-state index is 0. The molecule has 3 atom stereocenters. The zero-order valence-electron chi connectivity index (χ0n) is 16.7. The molecule has 1 saturated carbocycles. The molecule has 0 bridgehead atoms. The van der Waals surface area contributed by atoms with E-state index in [9.17, 15) is 4.79 Å². The number of amides is 1. The van der Waals surface area contributed by atoms with Gasteiger partial charge in [-0.3, -0.25) is 4.79 Å². The summed E-state index contributed by atoms with van der Waals surface area (Å²) in [6, 6.07) is 8.82. The van der Waals surface area contributed by atoms with E-state index in [0.717, 1.165) is 38.2 Å². The first kappa shape index (κ1) is 21.4. The molecular formula is C22H33ClN2O3. The van der Waals surface area contributed by atoms with Gasteiger partial charge in [0, 0.05) is 31.2 Å². The molecular weight excluding hydrogens is 376 g/mol. The van der Waals surface area contributed by atoms with Crippen molar-refractivity contribution in [1.82, 2.24) is 10.6 Å². The molecule has 0 radical (unpaired) electrons. The predicted octanol–water partition coefficient (Wildman–Crippen LogP) is 3.20. The lowest BCUT2D eigenvalue weighted by Gasteiger charge is -2.38. The fourth-order valence-corrected chi connectivity index (χ4v) is 5.17. The van der Waals surface area contributed by atoms with Crippen LogP contribution in [-0.2, 0) is 14.9 Å². The van der Waals surface area contributed by atoms with Crippen LogP contribution in [0.25, 0.3) is 0 Å². The maximum absolute atomic E-state index is 12.9. The van der Waals surface area contributed by atoms with Crippen molar-refractivity contribution >= 4 is 18.3 Å². The summed E-state index contributed by atoms with van der Waals surface area (Å²) in [5.74, 6) is 1.72. The van der Waals surface area contributed by atoms with Gasteiger partial charge in [-0.2, -0.15) is 0 Å². The molecule has 3 fully saturated rings. The van der Waals surface area contributed by atoms with Gasteiger partial charge in [0.05, 0.1) is 13.2 Å². The van der Waals surface area contributed by atoms with E-state index in [2.05, 4.69) is 22.8 Å². The SMILES string of the molecule is COc1ccc(C2(CNC(=O)C3CC4CCCCC4N3)CCOCC2)cc1.Cl. The summed E-state index contributed by atoms with van der Waals surface area (Å²) in [6.07, 6.45) is 7.97. The summed E-state index contributed by atoms with van der Waals surface area (Å²) in [5, 5.41) is 6.88. The second-order valence-electron chi connectivity index (χ2n) is 8.44. The Kier molecular flexibility index (Phi) is 7.24. The van der Waals surface area contributed by atoms with Gasteiger partial charge >= 0.3 is 0 Å². The molecule has 3 unspecified atom stereocenters. The third-order valence-electron chi connectivity index (χ3n) is 6.93. The number of fused-ring (bicyclic) bond motifs is 1. The minimum Gasteiger partial charge on any atom is -0.497 e. The van der Waals surface area contributed by atoms with Crippen LogP contribution in [0.2, 0.25) is 0 Å². The van der Waals surface area contributed by atoms with Crippen molar-refractivity contribution in [3.8, 4) is 5.75 Å². The van der Waals surface area contributed by atoms with Crippen LogP contribution in [0.4, 0.5) is 0 Å². The Labute approximate surface area is 174 Å². The number of hydrogen-bond acceptors (Lipinski definition) is 4. The van der Waals surface area contributed by atoms with Crippen LogP contribution >= 0.6 is 12.4 Å². The van der Waals surface area contributed by atoms with Gasteiger partial charge in [-0.15, -0.1) is 12.4 Å². The first-order valence-corrected chi connectivity index (χ1v) is 10.5. The number of halogens is 1. The third-order valence-corrected chi connectivity index (χ3v) is 6.93. The van der Waals surface area contributed by atoms with Crippen molar-refractivity contribution < 1.29 is 14.3 Å². The average molecular weight is 409 g/mol. The standard InChI is InChI=1S/C22H32N2O3.ClH/c1-26-18-8-6-17(7-9-18)22(10-12-27-13-11-22)15-23-21(25)20-14-16-4-2-3-5-19(16)24-20;/h6-9,16,19-20,24H,2-5,10-15H2,1H3,(H,23,25);1H. The summed E-state index contributed by atoms with van der Waals surface area (Å²) in [5.41, 5.74) is 1.21. The molecule has 1 aromatic rings. The molecule has 0 spiro atoms. The van der Waals surface area contributed by atoms with Crippen LogP contribution in [0, 0.1) is 5.92 Å². The summed E-state index contributed by atoms with van der Waals surface area (Å²) in [4.78, 5) is 12.9. The van der Waals surface area contributed by atoms with Crippen molar-refractivity contribution in [2.45, 2.75) is 62.4 Å². The molecule has 2 saturated heterocycles. The first-order chi connectivity index (χ1) is 13.2. The highest BCUT2D eigenvalue weighted by atomic mass is 35.5. The molecule has 2 N–H and O–H groups in total. The lowest BCUT2D eigenvalue weighted by molar-refractivity contribution is -0.123. The normalized spacial score (nSPS) is 28.7. The van der Waals surface area contributed by atoms with Gasteiger partial charge in [0.1, 0.15) is 5.75 Å². The third kappa shape index (κ3) is 4.47. The molecule has 4 rings (SSSR count). The van der Waals surface area contributed by atoms with Gasteiger partial charge in [0.25, 0.3) is 0 Å². The summed E-state index contributed by atoms with van der Waals surface area (Å²) < 4.78 is 10.9. The maximum atomic E-state index is 12.9. The van der Waals surface area contributed by atoms with Crippen LogP contribution in [-0.4, -0.2) is 44.9 Å². The van der Waals surface area contributed by atoms with Gasteiger partial charge < -0.3 is 20.1 Å². The number of ether oxygens (including phenoxy) is 2. The van der Waals surface area contributed by atoms with Crippen LogP contribution in [0.15, 0.2) is 24.3 Å². The van der Waals surface area contributed by atoms with Gasteiger partial charge in [-0.25, -0.2) is 0 Å².